The molecule has 1 atom stereocenters. The minimum atomic E-state index is -0.197. The lowest BCUT2D eigenvalue weighted by molar-refractivity contribution is 0.0963. The van der Waals surface area contributed by atoms with E-state index in [0.29, 0.717) is 13.2 Å². The van der Waals surface area contributed by atoms with Crippen molar-refractivity contribution in [3.05, 3.63) is 64.6 Å². The zero-order valence-electron chi connectivity index (χ0n) is 16.2. The van der Waals surface area contributed by atoms with Gasteiger partial charge in [0.05, 0.1) is 5.56 Å². The van der Waals surface area contributed by atoms with E-state index in [1.807, 2.05) is 18.3 Å². The number of hydrogen-bond donors (Lipinski definition) is 3. The zero-order valence-corrected chi connectivity index (χ0v) is 16.2. The van der Waals surface area contributed by atoms with Crippen LogP contribution < -0.4 is 15.4 Å². The van der Waals surface area contributed by atoms with Gasteiger partial charge in [0.25, 0.3) is 5.91 Å². The Kier molecular flexibility index (Phi) is 4.72. The predicted octanol–water partition coefficient (Wildman–Crippen LogP) is 3.47. The van der Waals surface area contributed by atoms with Crippen LogP contribution in [0.1, 0.15) is 39.9 Å². The van der Waals surface area contributed by atoms with Gasteiger partial charge in [-0.2, -0.15) is 0 Å². The Morgan fingerprint density at radius 3 is 3.07 bits per heavy atom. The Bertz CT molecular complexity index is 1080. The smallest absolute Gasteiger partial charge is 0.252 e. The van der Waals surface area contributed by atoms with Crippen LogP contribution in [0, 0.1) is 5.82 Å². The molecule has 0 saturated carbocycles. The van der Waals surface area contributed by atoms with E-state index in [-0.39, 0.29) is 17.8 Å². The monoisotopic (exact) mass is 393 g/mol. The van der Waals surface area contributed by atoms with Gasteiger partial charge in [0.15, 0.2) is 0 Å². The number of carbonyl (C=O) groups excluding carboxylic acids is 1. The second kappa shape index (κ2) is 7.52. The Balaban J connectivity index is 1.14. The quantitative estimate of drug-likeness (QED) is 0.562. The number of fused-ring (bicyclic) bond motifs is 4. The Labute approximate surface area is 168 Å². The van der Waals surface area contributed by atoms with E-state index in [1.165, 1.54) is 6.07 Å². The number of unbranched alkanes of at least 4 members (excludes halogenated alkanes) is 1. The molecule has 5 nitrogen and oxygen atoms in total. The van der Waals surface area contributed by atoms with Crippen molar-refractivity contribution in [2.75, 3.05) is 13.2 Å². The molecule has 1 amide bonds. The molecule has 0 saturated heterocycles. The summed E-state index contributed by atoms with van der Waals surface area (Å²) in [5.41, 5.74) is 5.04. The van der Waals surface area contributed by atoms with Crippen molar-refractivity contribution in [3.8, 4) is 5.75 Å². The van der Waals surface area contributed by atoms with Crippen molar-refractivity contribution in [3.63, 3.8) is 0 Å². The summed E-state index contributed by atoms with van der Waals surface area (Å²) in [5.74, 6) is 0.652. The van der Waals surface area contributed by atoms with Crippen molar-refractivity contribution < 1.29 is 13.9 Å². The third kappa shape index (κ3) is 3.49. The highest BCUT2D eigenvalue weighted by Gasteiger charge is 2.29. The van der Waals surface area contributed by atoms with Gasteiger partial charge in [-0.1, -0.05) is 6.07 Å². The lowest BCUT2D eigenvalue weighted by atomic mass is 9.94. The maximum absolute atomic E-state index is 13.5. The fourth-order valence-electron chi connectivity index (χ4n) is 4.44. The molecule has 3 aromatic rings. The molecule has 0 spiro atoms. The maximum atomic E-state index is 13.5. The van der Waals surface area contributed by atoms with Crippen LogP contribution in [0.3, 0.4) is 0 Å². The molecule has 1 aromatic heterocycles. The van der Waals surface area contributed by atoms with E-state index >= 15 is 0 Å². The topological polar surface area (TPSA) is 66.2 Å². The van der Waals surface area contributed by atoms with E-state index < -0.39 is 0 Å². The van der Waals surface area contributed by atoms with Crippen LogP contribution in [0.2, 0.25) is 0 Å². The summed E-state index contributed by atoms with van der Waals surface area (Å²) < 4.78 is 19.4. The Morgan fingerprint density at radius 2 is 2.14 bits per heavy atom. The van der Waals surface area contributed by atoms with Gasteiger partial charge >= 0.3 is 0 Å². The second-order valence-electron chi connectivity index (χ2n) is 7.89. The molecule has 0 fully saturated rings. The number of carbonyl (C=O) groups is 1. The summed E-state index contributed by atoms with van der Waals surface area (Å²) in [5, 5.41) is 7.44. The number of nitrogens with one attached hydrogen (secondary N) is 3. The van der Waals surface area contributed by atoms with Crippen molar-refractivity contribution >= 4 is 16.8 Å². The minimum Gasteiger partial charge on any atom is -0.492 e. The van der Waals surface area contributed by atoms with Crippen LogP contribution in [0.5, 0.6) is 5.75 Å². The second-order valence-corrected chi connectivity index (χ2v) is 7.89. The van der Waals surface area contributed by atoms with Crippen LogP contribution >= 0.6 is 0 Å². The molecule has 0 radical (unpaired) electrons. The van der Waals surface area contributed by atoms with Gasteiger partial charge in [-0.25, -0.2) is 4.39 Å². The van der Waals surface area contributed by atoms with Crippen LogP contribution in [0.15, 0.2) is 36.5 Å². The molecule has 3 heterocycles. The summed E-state index contributed by atoms with van der Waals surface area (Å²) in [6.45, 7) is 2.12. The van der Waals surface area contributed by atoms with Crippen LogP contribution in [0.4, 0.5) is 4.39 Å². The number of benzene rings is 2. The fraction of sp³-hybridized carbons (Fsp3) is 0.348. The number of aryl methyl sites for hydroxylation is 1. The lowest BCUT2D eigenvalue weighted by Crippen LogP contribution is -2.40. The Hall–Kier alpha value is -2.86. The van der Waals surface area contributed by atoms with Crippen molar-refractivity contribution in [1.82, 2.24) is 15.6 Å². The standard InChI is InChI=1S/C23H24FN3O2/c24-16-5-6-20-18(9-16)14(11-26-20)3-1-2-8-25-17-10-19-21(29-13-17)7-4-15-12-27-23(28)22(15)19/h4-7,9,11,17,25-26H,1-3,8,10,12-13H2,(H,27,28). The number of aromatic amines is 1. The lowest BCUT2D eigenvalue weighted by Gasteiger charge is -2.27. The first-order valence-electron chi connectivity index (χ1n) is 10.2. The van der Waals surface area contributed by atoms with Crippen molar-refractivity contribution in [2.24, 2.45) is 0 Å². The Morgan fingerprint density at radius 1 is 1.21 bits per heavy atom. The third-order valence-corrected chi connectivity index (χ3v) is 5.95. The minimum absolute atomic E-state index is 0.0104. The van der Waals surface area contributed by atoms with E-state index in [0.717, 1.165) is 71.1 Å². The van der Waals surface area contributed by atoms with Crippen LogP contribution in [0.25, 0.3) is 10.9 Å². The molecule has 0 aliphatic carbocycles. The fourth-order valence-corrected chi connectivity index (χ4v) is 4.44. The molecule has 3 N–H and O–H groups in total. The van der Waals surface area contributed by atoms with Crippen LogP contribution in [-0.2, 0) is 19.4 Å². The number of halogens is 1. The number of rotatable bonds is 6. The first-order chi connectivity index (χ1) is 14.2. The molecular weight excluding hydrogens is 369 g/mol. The number of amides is 1. The molecule has 150 valence electrons. The largest absolute Gasteiger partial charge is 0.492 e. The van der Waals surface area contributed by atoms with E-state index in [4.69, 9.17) is 4.74 Å². The number of H-pyrrole nitrogens is 1. The van der Waals surface area contributed by atoms with Gasteiger partial charge in [0.1, 0.15) is 18.2 Å². The maximum Gasteiger partial charge on any atom is 0.252 e. The summed E-state index contributed by atoms with van der Waals surface area (Å²) >= 11 is 0. The summed E-state index contributed by atoms with van der Waals surface area (Å²) in [4.78, 5) is 15.4. The molecule has 6 heteroatoms. The summed E-state index contributed by atoms with van der Waals surface area (Å²) in [7, 11) is 0. The summed E-state index contributed by atoms with van der Waals surface area (Å²) in [6.07, 6.45) is 5.77. The van der Waals surface area contributed by atoms with E-state index in [9.17, 15) is 9.18 Å². The molecule has 29 heavy (non-hydrogen) atoms. The number of hydrogen-bond acceptors (Lipinski definition) is 3. The van der Waals surface area contributed by atoms with E-state index in [1.54, 1.807) is 12.1 Å². The van der Waals surface area contributed by atoms with Gasteiger partial charge in [0.2, 0.25) is 0 Å². The van der Waals surface area contributed by atoms with Gasteiger partial charge in [-0.15, -0.1) is 0 Å². The summed E-state index contributed by atoms with van der Waals surface area (Å²) in [6, 6.07) is 9.05. The third-order valence-electron chi connectivity index (χ3n) is 5.95. The first kappa shape index (κ1) is 18.2. The van der Waals surface area contributed by atoms with Gasteiger partial charge in [-0.3, -0.25) is 4.79 Å². The normalized spacial score (nSPS) is 17.7. The molecule has 5 rings (SSSR count). The van der Waals surface area contributed by atoms with Crippen LogP contribution in [-0.4, -0.2) is 30.1 Å². The predicted molar refractivity (Wildman–Crippen MR) is 110 cm³/mol. The molecule has 2 aliphatic rings. The van der Waals surface area contributed by atoms with Gasteiger partial charge in [-0.05, 0) is 67.6 Å². The molecular formula is C23H24FN3O2. The molecule has 0 bridgehead atoms. The van der Waals surface area contributed by atoms with E-state index in [2.05, 4.69) is 15.6 Å². The number of aromatic nitrogens is 1. The van der Waals surface area contributed by atoms with Crippen molar-refractivity contribution in [2.45, 2.75) is 38.3 Å². The highest BCUT2D eigenvalue weighted by molar-refractivity contribution is 6.00. The SMILES string of the molecule is O=C1NCc2ccc3c(c21)CC(NCCCCc1c[nH]c2ccc(F)cc12)CO3. The molecule has 2 aliphatic heterocycles. The molecule has 1 unspecified atom stereocenters. The number of ether oxygens (including phenoxy) is 1. The average molecular weight is 393 g/mol. The average Bonchev–Trinajstić information content (AvgIpc) is 3.31. The first-order valence-corrected chi connectivity index (χ1v) is 10.2. The van der Waals surface area contributed by atoms with Gasteiger partial charge in [0, 0.05) is 35.2 Å². The molecule has 2 aromatic carbocycles. The highest BCUT2D eigenvalue weighted by Crippen LogP contribution is 2.32. The zero-order chi connectivity index (χ0) is 19.8. The van der Waals surface area contributed by atoms with Gasteiger partial charge < -0.3 is 20.4 Å². The highest BCUT2D eigenvalue weighted by atomic mass is 19.1. The van der Waals surface area contributed by atoms with Crippen molar-refractivity contribution in [1.29, 1.82) is 0 Å².